The second-order valence-electron chi connectivity index (χ2n) is 5.90. The highest BCUT2D eigenvalue weighted by molar-refractivity contribution is 5.81. The van der Waals surface area contributed by atoms with E-state index in [0.717, 1.165) is 0 Å². The SMILES string of the molecule is CC1(C)OC2[C@@H](O1)[C@@H](CO)O[C@H]2n1cnc2c(N)ncnc21. The van der Waals surface area contributed by atoms with Crippen LogP contribution in [-0.4, -0.2) is 55.3 Å². The lowest BCUT2D eigenvalue weighted by molar-refractivity contribution is -0.199. The molecule has 2 aromatic rings. The third-order valence-corrected chi connectivity index (χ3v) is 3.97. The molecule has 2 fully saturated rings. The van der Waals surface area contributed by atoms with Gasteiger partial charge < -0.3 is 25.1 Å². The van der Waals surface area contributed by atoms with Gasteiger partial charge in [0.15, 0.2) is 23.5 Å². The number of nitrogens with two attached hydrogens (primary N) is 1. The van der Waals surface area contributed by atoms with Gasteiger partial charge in [-0.2, -0.15) is 0 Å². The zero-order chi connectivity index (χ0) is 15.5. The average Bonchev–Trinajstić information content (AvgIpc) is 3.10. The molecule has 4 atom stereocenters. The number of ether oxygens (including phenoxy) is 3. The summed E-state index contributed by atoms with van der Waals surface area (Å²) in [5.74, 6) is -0.421. The molecule has 0 aliphatic carbocycles. The number of imidazole rings is 1. The predicted octanol–water partition coefficient (Wildman–Crippen LogP) is -0.182. The summed E-state index contributed by atoms with van der Waals surface area (Å²) in [6.45, 7) is 3.52. The third kappa shape index (κ3) is 1.90. The van der Waals surface area contributed by atoms with Crippen LogP contribution in [-0.2, 0) is 14.2 Å². The Hall–Kier alpha value is -1.81. The molecule has 118 valence electrons. The Balaban J connectivity index is 1.77. The highest BCUT2D eigenvalue weighted by Crippen LogP contribution is 2.43. The van der Waals surface area contributed by atoms with Crippen molar-refractivity contribution in [2.75, 3.05) is 12.3 Å². The van der Waals surface area contributed by atoms with Crippen LogP contribution in [0.4, 0.5) is 5.82 Å². The van der Waals surface area contributed by atoms with Crippen molar-refractivity contribution in [2.24, 2.45) is 0 Å². The van der Waals surface area contributed by atoms with E-state index in [1.54, 1.807) is 10.9 Å². The Bertz CT molecular complexity index is 718. The van der Waals surface area contributed by atoms with Crippen molar-refractivity contribution in [3.8, 4) is 0 Å². The van der Waals surface area contributed by atoms with E-state index in [-0.39, 0.29) is 18.8 Å². The van der Waals surface area contributed by atoms with Gasteiger partial charge in [0.05, 0.1) is 12.9 Å². The van der Waals surface area contributed by atoms with Gasteiger partial charge in [-0.3, -0.25) is 4.57 Å². The Morgan fingerprint density at radius 3 is 2.82 bits per heavy atom. The first kappa shape index (κ1) is 13.8. The molecule has 1 unspecified atom stereocenters. The quantitative estimate of drug-likeness (QED) is 0.784. The Morgan fingerprint density at radius 2 is 2.05 bits per heavy atom. The standard InChI is InChI=1S/C13H17N5O4/c1-13(2)21-8-6(3-19)20-12(9(8)22-13)18-5-17-7-10(14)15-4-16-11(7)18/h4-6,8-9,12,19H,3H2,1-2H3,(H2,14,15,16)/t6-,8+,9?,12-/m1/s1. The van der Waals surface area contributed by atoms with Crippen LogP contribution in [0.2, 0.25) is 0 Å². The van der Waals surface area contributed by atoms with E-state index in [4.69, 9.17) is 19.9 Å². The molecular formula is C13H17N5O4. The molecule has 4 heterocycles. The van der Waals surface area contributed by atoms with Crippen molar-refractivity contribution >= 4 is 17.0 Å². The molecule has 0 spiro atoms. The Labute approximate surface area is 126 Å². The molecule has 0 radical (unpaired) electrons. The highest BCUT2D eigenvalue weighted by Gasteiger charge is 2.55. The number of nitrogens with zero attached hydrogens (tertiary/aromatic N) is 4. The molecule has 0 aromatic carbocycles. The van der Waals surface area contributed by atoms with Crippen molar-refractivity contribution < 1.29 is 19.3 Å². The van der Waals surface area contributed by atoms with Gasteiger partial charge in [-0.05, 0) is 13.8 Å². The molecule has 9 heteroatoms. The molecule has 3 N–H and O–H groups in total. The van der Waals surface area contributed by atoms with Gasteiger partial charge in [-0.15, -0.1) is 0 Å². The number of hydrogen-bond donors (Lipinski definition) is 2. The van der Waals surface area contributed by atoms with Crippen LogP contribution >= 0.6 is 0 Å². The van der Waals surface area contributed by atoms with Gasteiger partial charge in [0.25, 0.3) is 0 Å². The first-order valence-corrected chi connectivity index (χ1v) is 7.05. The first-order valence-electron chi connectivity index (χ1n) is 7.05. The molecule has 0 bridgehead atoms. The zero-order valence-corrected chi connectivity index (χ0v) is 12.2. The fraction of sp³-hybridized carbons (Fsp3) is 0.615. The van der Waals surface area contributed by atoms with Crippen molar-refractivity contribution in [1.29, 1.82) is 0 Å². The molecule has 2 aromatic heterocycles. The van der Waals surface area contributed by atoms with E-state index in [2.05, 4.69) is 15.0 Å². The lowest BCUT2D eigenvalue weighted by Crippen LogP contribution is -2.31. The summed E-state index contributed by atoms with van der Waals surface area (Å²) in [6, 6.07) is 0. The number of aliphatic hydroxyl groups is 1. The highest BCUT2D eigenvalue weighted by atomic mass is 16.8. The van der Waals surface area contributed by atoms with Gasteiger partial charge >= 0.3 is 0 Å². The van der Waals surface area contributed by atoms with E-state index >= 15 is 0 Å². The summed E-state index contributed by atoms with van der Waals surface area (Å²) in [5, 5.41) is 9.52. The zero-order valence-electron chi connectivity index (χ0n) is 12.2. The molecule has 9 nitrogen and oxygen atoms in total. The monoisotopic (exact) mass is 307 g/mol. The summed E-state index contributed by atoms with van der Waals surface area (Å²) in [5.41, 5.74) is 6.87. The summed E-state index contributed by atoms with van der Waals surface area (Å²) >= 11 is 0. The molecule has 2 saturated heterocycles. The average molecular weight is 307 g/mol. The molecular weight excluding hydrogens is 290 g/mol. The number of hydrogen-bond acceptors (Lipinski definition) is 8. The van der Waals surface area contributed by atoms with E-state index in [1.807, 2.05) is 13.8 Å². The van der Waals surface area contributed by atoms with E-state index in [9.17, 15) is 5.11 Å². The Kier molecular flexibility index (Phi) is 2.89. The number of fused-ring (bicyclic) bond motifs is 2. The van der Waals surface area contributed by atoms with Crippen molar-refractivity contribution in [3.63, 3.8) is 0 Å². The van der Waals surface area contributed by atoms with Gasteiger partial charge in [0.1, 0.15) is 30.2 Å². The van der Waals surface area contributed by atoms with E-state index < -0.39 is 18.1 Å². The lowest BCUT2D eigenvalue weighted by Gasteiger charge is -2.24. The number of rotatable bonds is 2. The lowest BCUT2D eigenvalue weighted by atomic mass is 10.1. The van der Waals surface area contributed by atoms with Gasteiger partial charge in [0.2, 0.25) is 0 Å². The minimum Gasteiger partial charge on any atom is -0.394 e. The topological polar surface area (TPSA) is 118 Å². The maximum absolute atomic E-state index is 9.52. The molecule has 4 rings (SSSR count). The number of anilines is 1. The second kappa shape index (κ2) is 4.59. The minimum absolute atomic E-state index is 0.152. The summed E-state index contributed by atoms with van der Waals surface area (Å²) in [7, 11) is 0. The van der Waals surface area contributed by atoms with Crippen molar-refractivity contribution in [3.05, 3.63) is 12.7 Å². The van der Waals surface area contributed by atoms with Crippen LogP contribution in [0, 0.1) is 0 Å². The third-order valence-electron chi connectivity index (χ3n) is 3.97. The van der Waals surface area contributed by atoms with Gasteiger partial charge in [0, 0.05) is 0 Å². The number of aromatic nitrogens is 4. The maximum Gasteiger partial charge on any atom is 0.167 e. The molecule has 0 amide bonds. The fourth-order valence-corrected chi connectivity index (χ4v) is 3.09. The molecule has 0 saturated carbocycles. The Morgan fingerprint density at radius 1 is 1.27 bits per heavy atom. The molecule has 2 aliphatic rings. The summed E-state index contributed by atoms with van der Waals surface area (Å²) < 4.78 is 19.4. The largest absolute Gasteiger partial charge is 0.394 e. The molecule has 2 aliphatic heterocycles. The van der Waals surface area contributed by atoms with Gasteiger partial charge in [-0.25, -0.2) is 15.0 Å². The number of nitrogen functional groups attached to an aromatic ring is 1. The summed E-state index contributed by atoms with van der Waals surface area (Å²) in [4.78, 5) is 12.4. The maximum atomic E-state index is 9.52. The normalized spacial score (nSPS) is 33.4. The molecule has 22 heavy (non-hydrogen) atoms. The van der Waals surface area contributed by atoms with E-state index in [0.29, 0.717) is 17.0 Å². The second-order valence-corrected chi connectivity index (χ2v) is 5.90. The van der Waals surface area contributed by atoms with Crippen LogP contribution in [0.1, 0.15) is 20.1 Å². The minimum atomic E-state index is -0.727. The van der Waals surface area contributed by atoms with Crippen LogP contribution in [0.25, 0.3) is 11.2 Å². The van der Waals surface area contributed by atoms with E-state index in [1.165, 1.54) is 6.33 Å². The summed E-state index contributed by atoms with van der Waals surface area (Å²) in [6.07, 6.45) is 1.30. The van der Waals surface area contributed by atoms with Crippen molar-refractivity contribution in [2.45, 2.75) is 44.2 Å². The predicted molar refractivity (Wildman–Crippen MR) is 74.6 cm³/mol. The van der Waals surface area contributed by atoms with Crippen LogP contribution in [0.5, 0.6) is 0 Å². The number of aliphatic hydroxyl groups excluding tert-OH is 1. The van der Waals surface area contributed by atoms with Crippen LogP contribution in [0.3, 0.4) is 0 Å². The van der Waals surface area contributed by atoms with Crippen LogP contribution < -0.4 is 5.73 Å². The first-order chi connectivity index (χ1) is 10.5. The van der Waals surface area contributed by atoms with Crippen molar-refractivity contribution in [1.82, 2.24) is 19.5 Å². The fourth-order valence-electron chi connectivity index (χ4n) is 3.09. The van der Waals surface area contributed by atoms with Crippen LogP contribution in [0.15, 0.2) is 12.7 Å². The van der Waals surface area contributed by atoms with Gasteiger partial charge in [-0.1, -0.05) is 0 Å². The smallest absolute Gasteiger partial charge is 0.167 e.